The fraction of sp³-hybridized carbons (Fsp3) is 0.107. The summed E-state index contributed by atoms with van der Waals surface area (Å²) in [5.41, 5.74) is 1.37. The monoisotopic (exact) mass is 634 g/mol. The summed E-state index contributed by atoms with van der Waals surface area (Å²) in [6.07, 6.45) is 1.88. The fourth-order valence-electron chi connectivity index (χ4n) is 4.19. The van der Waals surface area contributed by atoms with Gasteiger partial charge in [-0.1, -0.05) is 65.3 Å². The molecular weight excluding hydrogens is 616 g/mol. The van der Waals surface area contributed by atoms with E-state index < -0.39 is 4.92 Å². The van der Waals surface area contributed by atoms with Gasteiger partial charge >= 0.3 is 5.69 Å². The van der Waals surface area contributed by atoms with Crippen LogP contribution in [0.5, 0.6) is 5.75 Å². The molecule has 0 spiro atoms. The summed E-state index contributed by atoms with van der Waals surface area (Å²) in [5, 5.41) is 18.8. The Morgan fingerprint density at radius 2 is 1.84 bits per heavy atom. The minimum Gasteiger partial charge on any atom is -0.481 e. The molecule has 0 saturated heterocycles. The van der Waals surface area contributed by atoms with Crippen molar-refractivity contribution in [3.63, 3.8) is 0 Å². The molecule has 0 radical (unpaired) electrons. The normalized spacial score (nSPS) is 11.4. The van der Waals surface area contributed by atoms with Crippen LogP contribution in [-0.2, 0) is 13.0 Å². The van der Waals surface area contributed by atoms with Crippen molar-refractivity contribution in [2.75, 3.05) is 0 Å². The van der Waals surface area contributed by atoms with Crippen LogP contribution in [0, 0.1) is 10.1 Å². The minimum absolute atomic E-state index is 0.115. The van der Waals surface area contributed by atoms with E-state index in [1.165, 1.54) is 17.0 Å². The molecule has 1 aromatic heterocycles. The lowest BCUT2D eigenvalue weighted by Gasteiger charge is -2.12. The number of halogens is 2. The zero-order valence-electron chi connectivity index (χ0n) is 20.1. The Hall–Kier alpha value is -3.89. The van der Waals surface area contributed by atoms with Crippen LogP contribution in [0.2, 0.25) is 0 Å². The van der Waals surface area contributed by atoms with E-state index in [1.54, 1.807) is 18.2 Å². The zero-order valence-corrected chi connectivity index (χ0v) is 23.3. The lowest BCUT2D eigenvalue weighted by Crippen LogP contribution is -2.22. The summed E-state index contributed by atoms with van der Waals surface area (Å²) in [6, 6.07) is 22.1. The van der Waals surface area contributed by atoms with E-state index in [2.05, 4.69) is 41.9 Å². The quantitative estimate of drug-likeness (QED) is 0.109. The third kappa shape index (κ3) is 5.09. The van der Waals surface area contributed by atoms with Crippen LogP contribution in [0.25, 0.3) is 21.7 Å². The van der Waals surface area contributed by atoms with E-state index in [1.807, 2.05) is 55.5 Å². The van der Waals surface area contributed by atoms with Gasteiger partial charge in [0.2, 0.25) is 5.75 Å². The molecular formula is C28H20Br2N4O4. The first-order valence-electron chi connectivity index (χ1n) is 11.7. The number of aryl methyl sites for hydroxylation is 1. The van der Waals surface area contributed by atoms with Crippen molar-refractivity contribution in [1.82, 2.24) is 9.66 Å². The molecule has 5 rings (SSSR count). The summed E-state index contributed by atoms with van der Waals surface area (Å²) >= 11 is 6.80. The van der Waals surface area contributed by atoms with Crippen LogP contribution >= 0.6 is 31.9 Å². The highest BCUT2D eigenvalue weighted by atomic mass is 79.9. The number of hydrogen-bond acceptors (Lipinski definition) is 6. The molecule has 0 aliphatic heterocycles. The summed E-state index contributed by atoms with van der Waals surface area (Å²) < 4.78 is 8.33. The highest BCUT2D eigenvalue weighted by molar-refractivity contribution is 9.10. The van der Waals surface area contributed by atoms with Crippen LogP contribution in [-0.4, -0.2) is 20.8 Å². The number of rotatable bonds is 7. The maximum Gasteiger partial charge on any atom is 0.312 e. The van der Waals surface area contributed by atoms with Crippen molar-refractivity contribution in [3.8, 4) is 5.75 Å². The molecule has 4 aromatic carbocycles. The van der Waals surface area contributed by atoms with Crippen molar-refractivity contribution in [2.24, 2.45) is 5.10 Å². The molecule has 10 heteroatoms. The Kier molecular flexibility index (Phi) is 7.35. The molecule has 0 saturated carbocycles. The first-order chi connectivity index (χ1) is 18.4. The third-order valence-electron chi connectivity index (χ3n) is 6.01. The second kappa shape index (κ2) is 10.8. The number of nitro benzene ring substituents is 1. The van der Waals surface area contributed by atoms with Gasteiger partial charge in [-0.15, -0.1) is 0 Å². The van der Waals surface area contributed by atoms with E-state index in [-0.39, 0.29) is 23.6 Å². The van der Waals surface area contributed by atoms with E-state index in [4.69, 9.17) is 4.74 Å². The van der Waals surface area contributed by atoms with Crippen molar-refractivity contribution >= 4 is 65.4 Å². The number of fused-ring (bicyclic) bond motifs is 2. The maximum atomic E-state index is 13.1. The molecule has 8 nitrogen and oxygen atoms in total. The molecule has 0 N–H and O–H groups in total. The topological polar surface area (TPSA) is 99.6 Å². The van der Waals surface area contributed by atoms with Gasteiger partial charge in [-0.25, -0.2) is 4.98 Å². The van der Waals surface area contributed by atoms with E-state index in [0.717, 1.165) is 20.8 Å². The van der Waals surface area contributed by atoms with Crippen molar-refractivity contribution in [1.29, 1.82) is 0 Å². The number of ether oxygens (including phenoxy) is 1. The lowest BCUT2D eigenvalue weighted by atomic mass is 10.1. The van der Waals surface area contributed by atoms with Gasteiger partial charge in [-0.05, 0) is 56.5 Å². The number of aromatic nitrogens is 2. The van der Waals surface area contributed by atoms with Crippen LogP contribution in [0.4, 0.5) is 5.69 Å². The number of hydrogen-bond donors (Lipinski definition) is 0. The van der Waals surface area contributed by atoms with Crippen LogP contribution in [0.15, 0.2) is 91.6 Å². The Morgan fingerprint density at radius 1 is 1.05 bits per heavy atom. The zero-order chi connectivity index (χ0) is 26.8. The Bertz CT molecular complexity index is 1800. The highest BCUT2D eigenvalue weighted by Gasteiger charge is 2.21. The Balaban J connectivity index is 1.49. The van der Waals surface area contributed by atoms with E-state index in [0.29, 0.717) is 33.2 Å². The van der Waals surface area contributed by atoms with Crippen molar-refractivity contribution in [2.45, 2.75) is 20.0 Å². The van der Waals surface area contributed by atoms with Gasteiger partial charge in [-0.2, -0.15) is 9.78 Å². The molecule has 38 heavy (non-hydrogen) atoms. The average Bonchev–Trinajstić information content (AvgIpc) is 2.91. The molecule has 5 aromatic rings. The standard InChI is InChI=1S/C28H20Br2N4O4/c1-2-26-32-24-11-10-20(29)14-22(24)28(35)33(26)31-15-17-12-23(30)27(25(13-17)34(36)37)38-16-19-8-5-7-18-6-3-4-9-21(18)19/h3-15H,2,16H2,1H3. The highest BCUT2D eigenvalue weighted by Crippen LogP contribution is 2.37. The summed E-state index contributed by atoms with van der Waals surface area (Å²) in [4.78, 5) is 29.1. The van der Waals surface area contributed by atoms with Gasteiger partial charge in [0.25, 0.3) is 5.56 Å². The van der Waals surface area contributed by atoms with E-state index >= 15 is 0 Å². The second-order valence-corrected chi connectivity index (χ2v) is 10.2. The van der Waals surface area contributed by atoms with Gasteiger partial charge in [0.1, 0.15) is 12.4 Å². The molecule has 0 aliphatic carbocycles. The van der Waals surface area contributed by atoms with Crippen LogP contribution < -0.4 is 10.3 Å². The largest absolute Gasteiger partial charge is 0.481 e. The minimum atomic E-state index is -0.501. The predicted octanol–water partition coefficient (Wildman–Crippen LogP) is 7.01. The number of nitro groups is 1. The van der Waals surface area contributed by atoms with E-state index in [9.17, 15) is 14.9 Å². The fourth-order valence-corrected chi connectivity index (χ4v) is 5.13. The molecule has 0 aliphatic rings. The lowest BCUT2D eigenvalue weighted by molar-refractivity contribution is -0.386. The molecule has 1 heterocycles. The van der Waals surface area contributed by atoms with Gasteiger partial charge in [0.15, 0.2) is 0 Å². The summed E-state index contributed by atoms with van der Waals surface area (Å²) in [5.74, 6) is 0.591. The van der Waals surface area contributed by atoms with Crippen LogP contribution in [0.1, 0.15) is 23.9 Å². The number of nitrogens with zero attached hydrogens (tertiary/aromatic N) is 4. The Morgan fingerprint density at radius 3 is 2.63 bits per heavy atom. The molecule has 190 valence electrons. The molecule has 0 bridgehead atoms. The smallest absolute Gasteiger partial charge is 0.312 e. The molecule has 0 amide bonds. The van der Waals surface area contributed by atoms with Crippen molar-refractivity contribution < 1.29 is 9.66 Å². The second-order valence-electron chi connectivity index (χ2n) is 8.44. The first kappa shape index (κ1) is 25.7. The molecule has 0 unspecified atom stereocenters. The first-order valence-corrected chi connectivity index (χ1v) is 13.3. The molecule has 0 fully saturated rings. The number of benzene rings is 4. The van der Waals surface area contributed by atoms with Gasteiger partial charge < -0.3 is 4.74 Å². The van der Waals surface area contributed by atoms with Crippen molar-refractivity contribution in [3.05, 3.63) is 119 Å². The third-order valence-corrected chi connectivity index (χ3v) is 7.09. The average molecular weight is 636 g/mol. The van der Waals surface area contributed by atoms with Gasteiger partial charge in [0.05, 0.1) is 26.5 Å². The molecule has 0 atom stereocenters. The predicted molar refractivity (Wildman–Crippen MR) is 155 cm³/mol. The SMILES string of the molecule is CCc1nc2ccc(Br)cc2c(=O)n1N=Cc1cc(Br)c(OCc2cccc3ccccc23)c([N+](=O)[O-])c1. The maximum absolute atomic E-state index is 13.1. The van der Waals surface area contributed by atoms with Crippen LogP contribution in [0.3, 0.4) is 0 Å². The Labute approximate surface area is 234 Å². The van der Waals surface area contributed by atoms with Gasteiger partial charge in [-0.3, -0.25) is 14.9 Å². The van der Waals surface area contributed by atoms with Gasteiger partial charge in [0, 0.05) is 22.5 Å². The summed E-state index contributed by atoms with van der Waals surface area (Å²) in [6.45, 7) is 2.03. The summed E-state index contributed by atoms with van der Waals surface area (Å²) in [7, 11) is 0.